The third-order valence-electron chi connectivity index (χ3n) is 6.35. The second-order valence-corrected chi connectivity index (χ2v) is 8.65. The van der Waals surface area contributed by atoms with Gasteiger partial charge in [-0.15, -0.1) is 0 Å². The zero-order valence-corrected chi connectivity index (χ0v) is 16.8. The van der Waals surface area contributed by atoms with E-state index in [-0.39, 0.29) is 12.1 Å². The maximum Gasteiger partial charge on any atom is 0.320 e. The molecule has 2 aliphatic rings. The van der Waals surface area contributed by atoms with Crippen LogP contribution in [0.25, 0.3) is 11.0 Å². The number of fused-ring (bicyclic) bond motifs is 1. The molecule has 2 amide bonds. The molecule has 2 aromatic rings. The molecule has 1 unspecified atom stereocenters. The first-order valence-electron chi connectivity index (χ1n) is 10.0. The number of carbonyl (C=O) groups is 1. The monoisotopic (exact) mass is 380 g/mol. The molecule has 4 rings (SSSR count). The minimum atomic E-state index is -0.412. The topological polar surface area (TPSA) is 88.1 Å². The highest BCUT2D eigenvalue weighted by atomic mass is 16.2. The third kappa shape index (κ3) is 3.28. The summed E-state index contributed by atoms with van der Waals surface area (Å²) in [5.74, 6) is 0.466. The molecular weight excluding hydrogens is 352 g/mol. The molecule has 2 saturated heterocycles. The molecule has 0 aliphatic carbocycles. The van der Waals surface area contributed by atoms with Gasteiger partial charge in [0.1, 0.15) is 5.65 Å². The van der Waals surface area contributed by atoms with Crippen molar-refractivity contribution in [2.75, 3.05) is 31.5 Å². The molecule has 2 aliphatic heterocycles. The van der Waals surface area contributed by atoms with Crippen LogP contribution in [0, 0.1) is 29.6 Å². The predicted molar refractivity (Wildman–Crippen MR) is 109 cm³/mol. The summed E-state index contributed by atoms with van der Waals surface area (Å²) in [6, 6.07) is 4.65. The average Bonchev–Trinajstić information content (AvgIpc) is 3.32. The first-order valence-corrected chi connectivity index (χ1v) is 10.0. The second-order valence-electron chi connectivity index (χ2n) is 8.65. The Balaban J connectivity index is 1.49. The van der Waals surface area contributed by atoms with E-state index in [1.165, 1.54) is 0 Å². The van der Waals surface area contributed by atoms with Crippen molar-refractivity contribution in [3.8, 4) is 6.07 Å². The van der Waals surface area contributed by atoms with Crippen LogP contribution in [0.3, 0.4) is 0 Å². The molecule has 148 valence electrons. The third-order valence-corrected chi connectivity index (χ3v) is 6.35. The number of carbonyl (C=O) groups excluding carboxylic acids is 1. The first-order chi connectivity index (χ1) is 13.4. The fraction of sp³-hybridized carbons (Fsp3) is 0.571. The molecule has 0 saturated carbocycles. The molecule has 28 heavy (non-hydrogen) atoms. The SMILES string of the molecule is Cc1cnc2[nH]ccc2c1N[C@H]1CN(C(=O)N2CCC(C)(C#N)C2)CC[C@H]1C. The number of aryl methyl sites for hydroxylation is 1. The van der Waals surface area contributed by atoms with Gasteiger partial charge in [-0.3, -0.25) is 0 Å². The Morgan fingerprint density at radius 2 is 2.25 bits per heavy atom. The fourth-order valence-corrected chi connectivity index (χ4v) is 4.33. The number of hydrogen-bond acceptors (Lipinski definition) is 4. The van der Waals surface area contributed by atoms with Crippen molar-refractivity contribution in [1.82, 2.24) is 19.8 Å². The van der Waals surface area contributed by atoms with Crippen LogP contribution in [0.15, 0.2) is 18.5 Å². The van der Waals surface area contributed by atoms with Gasteiger partial charge >= 0.3 is 6.03 Å². The number of nitrogens with one attached hydrogen (secondary N) is 2. The second kappa shape index (κ2) is 7.01. The molecule has 0 aromatic carbocycles. The summed E-state index contributed by atoms with van der Waals surface area (Å²) in [6.45, 7) is 8.88. The summed E-state index contributed by atoms with van der Waals surface area (Å²) in [6.07, 6.45) is 5.50. The lowest BCUT2D eigenvalue weighted by atomic mass is 9.92. The van der Waals surface area contributed by atoms with Crippen LogP contribution >= 0.6 is 0 Å². The highest BCUT2D eigenvalue weighted by molar-refractivity contribution is 5.91. The number of nitriles is 1. The first kappa shape index (κ1) is 18.6. The van der Waals surface area contributed by atoms with E-state index in [0.29, 0.717) is 25.6 Å². The molecule has 0 bridgehead atoms. The van der Waals surface area contributed by atoms with Crippen molar-refractivity contribution in [3.63, 3.8) is 0 Å². The number of hydrogen-bond donors (Lipinski definition) is 2. The predicted octanol–water partition coefficient (Wildman–Crippen LogP) is 3.35. The summed E-state index contributed by atoms with van der Waals surface area (Å²) in [5.41, 5.74) is 2.66. The summed E-state index contributed by atoms with van der Waals surface area (Å²) in [7, 11) is 0. The molecule has 2 N–H and O–H groups in total. The van der Waals surface area contributed by atoms with Gasteiger partial charge in [0.2, 0.25) is 0 Å². The lowest BCUT2D eigenvalue weighted by Gasteiger charge is -2.39. The average molecular weight is 380 g/mol. The van der Waals surface area contributed by atoms with Crippen LogP contribution < -0.4 is 5.32 Å². The van der Waals surface area contributed by atoms with Crippen molar-refractivity contribution >= 4 is 22.8 Å². The molecule has 2 fully saturated rings. The Labute approximate surface area is 165 Å². The molecule has 0 spiro atoms. The molecule has 7 heteroatoms. The van der Waals surface area contributed by atoms with Gasteiger partial charge in [-0.2, -0.15) is 5.26 Å². The van der Waals surface area contributed by atoms with Gasteiger partial charge in [0, 0.05) is 55.7 Å². The van der Waals surface area contributed by atoms with E-state index >= 15 is 0 Å². The number of nitrogens with zero attached hydrogens (tertiary/aromatic N) is 4. The lowest BCUT2D eigenvalue weighted by Crippen LogP contribution is -2.52. The molecule has 3 atom stereocenters. The number of amides is 2. The number of likely N-dealkylation sites (tertiary alicyclic amines) is 2. The highest BCUT2D eigenvalue weighted by Crippen LogP contribution is 2.32. The zero-order chi connectivity index (χ0) is 19.9. The maximum atomic E-state index is 13.0. The minimum Gasteiger partial charge on any atom is -0.379 e. The van der Waals surface area contributed by atoms with Gasteiger partial charge in [0.05, 0.1) is 11.5 Å². The van der Waals surface area contributed by atoms with Crippen molar-refractivity contribution < 1.29 is 4.79 Å². The summed E-state index contributed by atoms with van der Waals surface area (Å²) >= 11 is 0. The van der Waals surface area contributed by atoms with E-state index in [0.717, 1.165) is 41.7 Å². The molecule has 4 heterocycles. The van der Waals surface area contributed by atoms with Crippen molar-refractivity contribution in [1.29, 1.82) is 5.26 Å². The van der Waals surface area contributed by atoms with Crippen LogP contribution in [0.4, 0.5) is 10.5 Å². The number of urea groups is 1. The van der Waals surface area contributed by atoms with E-state index in [4.69, 9.17) is 0 Å². The summed E-state index contributed by atoms with van der Waals surface area (Å²) < 4.78 is 0. The van der Waals surface area contributed by atoms with E-state index in [1.54, 1.807) is 0 Å². The number of aromatic amines is 1. The highest BCUT2D eigenvalue weighted by Gasteiger charge is 2.39. The normalized spacial score (nSPS) is 27.8. The Morgan fingerprint density at radius 3 is 3.00 bits per heavy atom. The van der Waals surface area contributed by atoms with Crippen LogP contribution in [-0.2, 0) is 0 Å². The van der Waals surface area contributed by atoms with E-state index in [1.807, 2.05) is 35.2 Å². The molecule has 0 radical (unpaired) electrons. The number of pyridine rings is 1. The van der Waals surface area contributed by atoms with E-state index < -0.39 is 5.41 Å². The number of piperidine rings is 1. The van der Waals surface area contributed by atoms with Crippen molar-refractivity contribution in [3.05, 3.63) is 24.0 Å². The van der Waals surface area contributed by atoms with Crippen LogP contribution in [0.2, 0.25) is 0 Å². The zero-order valence-electron chi connectivity index (χ0n) is 16.8. The number of aromatic nitrogens is 2. The van der Waals surface area contributed by atoms with Crippen LogP contribution in [-0.4, -0.2) is 58.0 Å². The van der Waals surface area contributed by atoms with Gasteiger partial charge in [-0.1, -0.05) is 6.92 Å². The number of rotatable bonds is 2. The Hall–Kier alpha value is -2.75. The largest absolute Gasteiger partial charge is 0.379 e. The minimum absolute atomic E-state index is 0.0657. The van der Waals surface area contributed by atoms with Crippen LogP contribution in [0.5, 0.6) is 0 Å². The smallest absolute Gasteiger partial charge is 0.320 e. The lowest BCUT2D eigenvalue weighted by molar-refractivity contribution is 0.135. The Morgan fingerprint density at radius 1 is 1.43 bits per heavy atom. The number of H-pyrrole nitrogens is 1. The van der Waals surface area contributed by atoms with Gasteiger partial charge in [0.15, 0.2) is 0 Å². The van der Waals surface area contributed by atoms with Gasteiger partial charge in [-0.05, 0) is 44.2 Å². The maximum absolute atomic E-state index is 13.0. The molecular formula is C21H28N6O. The van der Waals surface area contributed by atoms with E-state index in [9.17, 15) is 10.1 Å². The van der Waals surface area contributed by atoms with Crippen molar-refractivity contribution in [2.45, 2.75) is 39.7 Å². The van der Waals surface area contributed by atoms with Gasteiger partial charge in [0.25, 0.3) is 0 Å². The Bertz CT molecular complexity index is 931. The summed E-state index contributed by atoms with van der Waals surface area (Å²) in [5, 5.41) is 14.1. The van der Waals surface area contributed by atoms with Gasteiger partial charge in [-0.25, -0.2) is 9.78 Å². The standard InChI is InChI=1S/C21H28N6O/c1-14-5-8-26(20(28)27-9-6-21(3,12-22)13-27)11-17(14)25-18-15(2)10-24-19-16(18)4-7-23-19/h4,7,10,14,17H,5-6,8-9,11,13H2,1-3H3,(H2,23,24,25)/t14-,17+,21?/m1/s1. The Kier molecular flexibility index (Phi) is 4.66. The van der Waals surface area contributed by atoms with Crippen LogP contribution in [0.1, 0.15) is 32.3 Å². The quantitative estimate of drug-likeness (QED) is 0.836. The van der Waals surface area contributed by atoms with Crippen molar-refractivity contribution in [2.24, 2.45) is 11.3 Å². The number of anilines is 1. The molecule has 2 aromatic heterocycles. The van der Waals surface area contributed by atoms with E-state index in [2.05, 4.69) is 35.2 Å². The fourth-order valence-electron chi connectivity index (χ4n) is 4.33. The summed E-state index contributed by atoms with van der Waals surface area (Å²) in [4.78, 5) is 24.4. The molecule has 7 nitrogen and oxygen atoms in total. The van der Waals surface area contributed by atoms with Gasteiger partial charge < -0.3 is 20.1 Å².